The van der Waals surface area contributed by atoms with Crippen LogP contribution in [0.5, 0.6) is 0 Å². The van der Waals surface area contributed by atoms with Crippen LogP contribution in [0.2, 0.25) is 0 Å². The van der Waals surface area contributed by atoms with Gasteiger partial charge in [0, 0.05) is 13.1 Å². The zero-order valence-electron chi connectivity index (χ0n) is 14.0. The van der Waals surface area contributed by atoms with Crippen LogP contribution >= 0.6 is 0 Å². The fourth-order valence-electron chi connectivity index (χ4n) is 2.47. The van der Waals surface area contributed by atoms with E-state index in [0.29, 0.717) is 13.0 Å². The van der Waals surface area contributed by atoms with Crippen molar-refractivity contribution in [3.05, 3.63) is 48.6 Å². The first-order chi connectivity index (χ1) is 10.8. The first-order valence-electron chi connectivity index (χ1n) is 7.87. The van der Waals surface area contributed by atoms with E-state index in [0.717, 1.165) is 18.5 Å². The van der Waals surface area contributed by atoms with Crippen LogP contribution in [-0.2, 0) is 6.42 Å². The molecule has 1 rings (SSSR count). The van der Waals surface area contributed by atoms with Crippen LogP contribution in [0.3, 0.4) is 0 Å². The molecule has 0 spiro atoms. The molecule has 0 aliphatic carbocycles. The molecule has 2 atom stereocenters. The molecule has 0 heterocycles. The summed E-state index contributed by atoms with van der Waals surface area (Å²) in [7, 11) is 0. The summed E-state index contributed by atoms with van der Waals surface area (Å²) in [4.78, 5) is 11.0. The van der Waals surface area contributed by atoms with Gasteiger partial charge >= 0.3 is 6.09 Å². The summed E-state index contributed by atoms with van der Waals surface area (Å²) in [6.07, 6.45) is 1.27. The summed E-state index contributed by atoms with van der Waals surface area (Å²) in [6, 6.07) is 8.99. The predicted molar refractivity (Wildman–Crippen MR) is 92.6 cm³/mol. The smallest absolute Gasteiger partial charge is 0.404 e. The summed E-state index contributed by atoms with van der Waals surface area (Å²) in [5.74, 6) is 0. The second kappa shape index (κ2) is 9.33. The minimum absolute atomic E-state index is 0.0522. The zero-order chi connectivity index (χ0) is 17.3. The molecule has 1 aromatic carbocycles. The number of hydrogen-bond acceptors (Lipinski definition) is 3. The maximum Gasteiger partial charge on any atom is 0.404 e. The molecule has 0 fully saturated rings. The van der Waals surface area contributed by atoms with E-state index in [2.05, 4.69) is 31.1 Å². The summed E-state index contributed by atoms with van der Waals surface area (Å²) < 4.78 is 0. The van der Waals surface area contributed by atoms with E-state index in [1.165, 1.54) is 0 Å². The molecule has 1 amide bonds. The molecule has 0 aliphatic rings. The van der Waals surface area contributed by atoms with E-state index in [1.807, 2.05) is 36.4 Å². The molecular weight excluding hydrogens is 292 g/mol. The van der Waals surface area contributed by atoms with Gasteiger partial charge in [-0.2, -0.15) is 0 Å². The van der Waals surface area contributed by atoms with Crippen LogP contribution in [-0.4, -0.2) is 41.5 Å². The third kappa shape index (κ3) is 7.81. The third-order valence-electron chi connectivity index (χ3n) is 3.73. The Balaban J connectivity index is 2.56. The summed E-state index contributed by atoms with van der Waals surface area (Å²) in [5, 5.41) is 24.9. The van der Waals surface area contributed by atoms with E-state index < -0.39 is 18.2 Å². The monoisotopic (exact) mass is 320 g/mol. The van der Waals surface area contributed by atoms with Crippen molar-refractivity contribution in [2.75, 3.05) is 13.1 Å². The topological polar surface area (TPSA) is 81.6 Å². The van der Waals surface area contributed by atoms with Crippen LogP contribution < -0.4 is 10.6 Å². The molecule has 5 nitrogen and oxygen atoms in total. The highest BCUT2D eigenvalue weighted by atomic mass is 16.4. The minimum atomic E-state index is -1.13. The molecule has 0 aliphatic heterocycles. The molecule has 4 N–H and O–H groups in total. The number of aliphatic hydroxyl groups is 1. The molecule has 0 radical (unpaired) electrons. The average Bonchev–Trinajstić information content (AvgIpc) is 2.46. The molecule has 5 heteroatoms. The lowest BCUT2D eigenvalue weighted by Gasteiger charge is -2.27. The van der Waals surface area contributed by atoms with Crippen LogP contribution in [0, 0.1) is 5.41 Å². The Morgan fingerprint density at radius 3 is 2.57 bits per heavy atom. The van der Waals surface area contributed by atoms with Gasteiger partial charge in [-0.15, -0.1) is 6.58 Å². The van der Waals surface area contributed by atoms with E-state index >= 15 is 0 Å². The van der Waals surface area contributed by atoms with Gasteiger partial charge in [0.15, 0.2) is 0 Å². The van der Waals surface area contributed by atoms with Gasteiger partial charge in [-0.25, -0.2) is 4.79 Å². The van der Waals surface area contributed by atoms with Gasteiger partial charge in [-0.1, -0.05) is 50.3 Å². The van der Waals surface area contributed by atoms with Crippen molar-refractivity contribution in [3.63, 3.8) is 0 Å². The highest BCUT2D eigenvalue weighted by molar-refractivity contribution is 5.65. The Kier molecular flexibility index (Phi) is 7.78. The number of carbonyl (C=O) groups is 1. The fourth-order valence-corrected chi connectivity index (χ4v) is 2.47. The van der Waals surface area contributed by atoms with Gasteiger partial charge in [0.2, 0.25) is 0 Å². The van der Waals surface area contributed by atoms with Gasteiger partial charge in [0.1, 0.15) is 0 Å². The molecule has 1 aromatic rings. The third-order valence-corrected chi connectivity index (χ3v) is 3.73. The number of rotatable bonds is 10. The number of hydrogen-bond donors (Lipinski definition) is 4. The number of allylic oxidation sites excluding steroid dienone is 1. The number of carboxylic acid groups (broad SMARTS) is 1. The van der Waals surface area contributed by atoms with Gasteiger partial charge in [0.25, 0.3) is 0 Å². The maximum atomic E-state index is 11.0. The normalized spacial score (nSPS) is 14.0. The number of benzene rings is 1. The number of amides is 1. The fraction of sp³-hybridized carbons (Fsp3) is 0.500. The average molecular weight is 320 g/mol. The van der Waals surface area contributed by atoms with Crippen LogP contribution in [0.1, 0.15) is 25.8 Å². The van der Waals surface area contributed by atoms with E-state index in [9.17, 15) is 9.90 Å². The first kappa shape index (κ1) is 19.2. The lowest BCUT2D eigenvalue weighted by Crippen LogP contribution is -2.49. The van der Waals surface area contributed by atoms with E-state index in [4.69, 9.17) is 5.11 Å². The number of nitrogens with one attached hydrogen (secondary N) is 2. The molecule has 0 saturated carbocycles. The molecule has 128 valence electrons. The highest BCUT2D eigenvalue weighted by Crippen LogP contribution is 2.19. The molecule has 0 saturated heterocycles. The van der Waals surface area contributed by atoms with Crippen molar-refractivity contribution in [2.24, 2.45) is 5.41 Å². The van der Waals surface area contributed by atoms with Gasteiger partial charge in [0.05, 0.1) is 12.1 Å². The summed E-state index contributed by atoms with van der Waals surface area (Å²) >= 11 is 0. The second-order valence-corrected chi connectivity index (χ2v) is 6.60. The summed E-state index contributed by atoms with van der Waals surface area (Å²) in [5.41, 5.74) is 1.04. The molecule has 0 aromatic heterocycles. The van der Waals surface area contributed by atoms with E-state index in [-0.39, 0.29) is 5.41 Å². The Bertz CT molecular complexity index is 488. The van der Waals surface area contributed by atoms with Crippen molar-refractivity contribution in [2.45, 2.75) is 38.8 Å². The van der Waals surface area contributed by atoms with E-state index in [1.54, 1.807) is 0 Å². The standard InChI is InChI=1S/C18H28N2O3/c1-4-10-18(2,3)13-19-12-16(21)15(20-17(22)23)11-14-8-6-5-7-9-14/h4-9,15-16,19-21H,1,10-13H2,2-3H3,(H,22,23)/t15-,16+/m0/s1. The quantitative estimate of drug-likeness (QED) is 0.499. The van der Waals surface area contributed by atoms with Gasteiger partial charge in [-0.05, 0) is 23.8 Å². The highest BCUT2D eigenvalue weighted by Gasteiger charge is 2.22. The van der Waals surface area contributed by atoms with Gasteiger partial charge < -0.3 is 20.8 Å². The molecule has 23 heavy (non-hydrogen) atoms. The van der Waals surface area contributed by atoms with Crippen LogP contribution in [0.25, 0.3) is 0 Å². The van der Waals surface area contributed by atoms with Crippen molar-refractivity contribution < 1.29 is 15.0 Å². The Morgan fingerprint density at radius 2 is 2.00 bits per heavy atom. The Morgan fingerprint density at radius 1 is 1.35 bits per heavy atom. The van der Waals surface area contributed by atoms with Crippen molar-refractivity contribution in [1.82, 2.24) is 10.6 Å². The minimum Gasteiger partial charge on any atom is -0.465 e. The van der Waals surface area contributed by atoms with Crippen molar-refractivity contribution >= 4 is 6.09 Å². The largest absolute Gasteiger partial charge is 0.465 e. The molecule has 0 bridgehead atoms. The van der Waals surface area contributed by atoms with Crippen molar-refractivity contribution in [3.8, 4) is 0 Å². The lowest BCUT2D eigenvalue weighted by atomic mass is 9.89. The Hall–Kier alpha value is -1.85. The lowest BCUT2D eigenvalue weighted by molar-refractivity contribution is 0.115. The summed E-state index contributed by atoms with van der Waals surface area (Å²) in [6.45, 7) is 9.03. The zero-order valence-corrected chi connectivity index (χ0v) is 14.0. The van der Waals surface area contributed by atoms with Gasteiger partial charge in [-0.3, -0.25) is 0 Å². The van der Waals surface area contributed by atoms with Crippen LogP contribution in [0.15, 0.2) is 43.0 Å². The molecular formula is C18H28N2O3. The molecule has 0 unspecified atom stereocenters. The maximum absolute atomic E-state index is 11.0. The number of aliphatic hydroxyl groups excluding tert-OH is 1. The SMILES string of the molecule is C=CCC(C)(C)CNC[C@@H](O)[C@H](Cc1ccccc1)NC(=O)O. The Labute approximate surface area is 138 Å². The van der Waals surface area contributed by atoms with Crippen LogP contribution in [0.4, 0.5) is 4.79 Å². The predicted octanol–water partition coefficient (Wildman–Crippen LogP) is 2.42. The van der Waals surface area contributed by atoms with Crippen molar-refractivity contribution in [1.29, 1.82) is 0 Å². The second-order valence-electron chi connectivity index (χ2n) is 6.60. The first-order valence-corrected chi connectivity index (χ1v) is 7.87.